The normalized spacial score (nSPS) is 28.4. The quantitative estimate of drug-likeness (QED) is 0.553. The summed E-state index contributed by atoms with van der Waals surface area (Å²) in [6.07, 6.45) is 12.6. The number of hydrogen-bond acceptors (Lipinski definition) is 2. The molecule has 0 aromatic heterocycles. The van der Waals surface area contributed by atoms with Crippen LogP contribution in [0, 0.1) is 11.3 Å². The van der Waals surface area contributed by atoms with E-state index in [1.807, 2.05) is 0 Å². The summed E-state index contributed by atoms with van der Waals surface area (Å²) in [7, 11) is 0. The van der Waals surface area contributed by atoms with Gasteiger partial charge in [-0.15, -0.1) is 0 Å². The van der Waals surface area contributed by atoms with Gasteiger partial charge >= 0.3 is 0 Å². The van der Waals surface area contributed by atoms with Crippen molar-refractivity contribution in [2.75, 3.05) is 0 Å². The Bertz CT molecular complexity index is 191. The van der Waals surface area contributed by atoms with E-state index in [2.05, 4.69) is 12.3 Å². The number of hydrazine groups is 1. The minimum Gasteiger partial charge on any atom is -0.271 e. The van der Waals surface area contributed by atoms with Gasteiger partial charge in [0, 0.05) is 6.04 Å². The SMILES string of the molecule is CCC1(C(NN)C2CCCC2)CCCC1. The van der Waals surface area contributed by atoms with E-state index in [9.17, 15) is 0 Å². The first kappa shape index (κ1) is 11.4. The molecule has 2 heteroatoms. The Morgan fingerprint density at radius 2 is 1.80 bits per heavy atom. The lowest BCUT2D eigenvalue weighted by atomic mass is 9.71. The molecule has 0 spiro atoms. The van der Waals surface area contributed by atoms with Gasteiger partial charge in [-0.1, -0.05) is 32.6 Å². The Hall–Kier alpha value is -0.0800. The highest BCUT2D eigenvalue weighted by atomic mass is 15.2. The van der Waals surface area contributed by atoms with E-state index in [0.29, 0.717) is 11.5 Å². The fourth-order valence-corrected chi connectivity index (χ4v) is 4.07. The van der Waals surface area contributed by atoms with Crippen molar-refractivity contribution in [1.29, 1.82) is 0 Å². The minimum atomic E-state index is 0.532. The Labute approximate surface area is 94.0 Å². The van der Waals surface area contributed by atoms with E-state index in [0.717, 1.165) is 5.92 Å². The van der Waals surface area contributed by atoms with Gasteiger partial charge in [0.25, 0.3) is 0 Å². The fourth-order valence-electron chi connectivity index (χ4n) is 4.07. The molecule has 0 heterocycles. The van der Waals surface area contributed by atoms with E-state index in [1.165, 1.54) is 57.8 Å². The van der Waals surface area contributed by atoms with Crippen LogP contribution in [0.15, 0.2) is 0 Å². The summed E-state index contributed by atoms with van der Waals surface area (Å²) in [5, 5.41) is 0. The molecule has 2 aliphatic carbocycles. The molecule has 2 rings (SSSR count). The van der Waals surface area contributed by atoms with Crippen LogP contribution in [0.2, 0.25) is 0 Å². The average molecular weight is 210 g/mol. The number of nitrogens with two attached hydrogens (primary N) is 1. The van der Waals surface area contributed by atoms with E-state index in [1.54, 1.807) is 0 Å². The lowest BCUT2D eigenvalue weighted by Gasteiger charge is -2.40. The molecule has 1 unspecified atom stereocenters. The summed E-state index contributed by atoms with van der Waals surface area (Å²) in [6, 6.07) is 0.590. The van der Waals surface area contributed by atoms with Gasteiger partial charge in [-0.3, -0.25) is 11.3 Å². The molecule has 0 bridgehead atoms. The molecule has 88 valence electrons. The van der Waals surface area contributed by atoms with E-state index >= 15 is 0 Å². The van der Waals surface area contributed by atoms with Crippen molar-refractivity contribution in [2.45, 2.75) is 70.8 Å². The zero-order valence-corrected chi connectivity index (χ0v) is 10.1. The third kappa shape index (κ3) is 2.07. The van der Waals surface area contributed by atoms with Crippen LogP contribution >= 0.6 is 0 Å². The monoisotopic (exact) mass is 210 g/mol. The predicted molar refractivity (Wildman–Crippen MR) is 64.3 cm³/mol. The first-order chi connectivity index (χ1) is 7.32. The van der Waals surface area contributed by atoms with Gasteiger partial charge in [0.2, 0.25) is 0 Å². The third-order valence-corrected chi connectivity index (χ3v) is 5.01. The van der Waals surface area contributed by atoms with Crippen molar-refractivity contribution in [1.82, 2.24) is 5.43 Å². The molecule has 0 saturated heterocycles. The van der Waals surface area contributed by atoms with Crippen molar-refractivity contribution in [2.24, 2.45) is 17.2 Å². The first-order valence-electron chi connectivity index (χ1n) is 6.78. The summed E-state index contributed by atoms with van der Waals surface area (Å²) in [5.41, 5.74) is 3.71. The molecule has 0 aromatic carbocycles. The molecule has 3 N–H and O–H groups in total. The topological polar surface area (TPSA) is 38.0 Å². The van der Waals surface area contributed by atoms with Crippen molar-refractivity contribution in [3.63, 3.8) is 0 Å². The molecule has 0 amide bonds. The number of nitrogens with one attached hydrogen (secondary N) is 1. The van der Waals surface area contributed by atoms with Crippen LogP contribution < -0.4 is 11.3 Å². The Balaban J connectivity index is 2.08. The van der Waals surface area contributed by atoms with Gasteiger partial charge < -0.3 is 0 Å². The van der Waals surface area contributed by atoms with Gasteiger partial charge in [0.15, 0.2) is 0 Å². The van der Waals surface area contributed by atoms with Gasteiger partial charge in [-0.25, -0.2) is 0 Å². The molecule has 0 radical (unpaired) electrons. The zero-order chi connectivity index (χ0) is 10.7. The molecule has 1 atom stereocenters. The van der Waals surface area contributed by atoms with Crippen LogP contribution in [0.25, 0.3) is 0 Å². The smallest absolute Gasteiger partial charge is 0.0295 e. The maximum absolute atomic E-state index is 5.84. The van der Waals surface area contributed by atoms with Crippen molar-refractivity contribution < 1.29 is 0 Å². The Morgan fingerprint density at radius 3 is 2.27 bits per heavy atom. The highest BCUT2D eigenvalue weighted by Crippen LogP contribution is 2.48. The molecule has 15 heavy (non-hydrogen) atoms. The standard InChI is InChI=1S/C13H26N2/c1-2-13(9-5-6-10-13)12(15-14)11-7-3-4-8-11/h11-12,15H,2-10,14H2,1H3. The van der Waals surface area contributed by atoms with E-state index in [-0.39, 0.29) is 0 Å². The van der Waals surface area contributed by atoms with Crippen LogP contribution in [0.3, 0.4) is 0 Å². The second-order valence-electron chi connectivity index (χ2n) is 5.61. The van der Waals surface area contributed by atoms with Crippen LogP contribution in [-0.4, -0.2) is 6.04 Å². The van der Waals surface area contributed by atoms with Gasteiger partial charge in [0.05, 0.1) is 0 Å². The summed E-state index contributed by atoms with van der Waals surface area (Å²) in [6.45, 7) is 2.35. The second-order valence-corrected chi connectivity index (χ2v) is 5.61. The van der Waals surface area contributed by atoms with E-state index in [4.69, 9.17) is 5.84 Å². The van der Waals surface area contributed by atoms with Crippen molar-refractivity contribution in [3.05, 3.63) is 0 Å². The summed E-state index contributed by atoms with van der Waals surface area (Å²) < 4.78 is 0. The van der Waals surface area contributed by atoms with Crippen LogP contribution in [-0.2, 0) is 0 Å². The largest absolute Gasteiger partial charge is 0.271 e. The summed E-state index contributed by atoms with van der Waals surface area (Å²) in [4.78, 5) is 0. The third-order valence-electron chi connectivity index (χ3n) is 5.01. The first-order valence-corrected chi connectivity index (χ1v) is 6.78. The van der Waals surface area contributed by atoms with E-state index < -0.39 is 0 Å². The highest BCUT2D eigenvalue weighted by molar-refractivity contribution is 4.97. The Morgan fingerprint density at radius 1 is 1.20 bits per heavy atom. The molecule has 2 aliphatic rings. The lowest BCUT2D eigenvalue weighted by molar-refractivity contribution is 0.134. The fraction of sp³-hybridized carbons (Fsp3) is 1.00. The lowest BCUT2D eigenvalue weighted by Crippen LogP contribution is -2.51. The molecule has 0 aromatic rings. The van der Waals surface area contributed by atoms with Crippen LogP contribution in [0.5, 0.6) is 0 Å². The van der Waals surface area contributed by atoms with Crippen molar-refractivity contribution >= 4 is 0 Å². The second kappa shape index (κ2) is 4.84. The van der Waals surface area contributed by atoms with Crippen LogP contribution in [0.4, 0.5) is 0 Å². The molecule has 2 fully saturated rings. The average Bonchev–Trinajstić information content (AvgIpc) is 2.90. The van der Waals surface area contributed by atoms with Gasteiger partial charge in [0.1, 0.15) is 0 Å². The maximum atomic E-state index is 5.84. The van der Waals surface area contributed by atoms with Gasteiger partial charge in [-0.2, -0.15) is 0 Å². The predicted octanol–water partition coefficient (Wildman–Crippen LogP) is 2.98. The van der Waals surface area contributed by atoms with Gasteiger partial charge in [-0.05, 0) is 43.4 Å². The minimum absolute atomic E-state index is 0.532. The highest BCUT2D eigenvalue weighted by Gasteiger charge is 2.43. The number of rotatable bonds is 4. The molecule has 2 saturated carbocycles. The summed E-state index contributed by atoms with van der Waals surface area (Å²) >= 11 is 0. The molecular formula is C13H26N2. The maximum Gasteiger partial charge on any atom is 0.0295 e. The summed E-state index contributed by atoms with van der Waals surface area (Å²) in [5.74, 6) is 6.70. The van der Waals surface area contributed by atoms with Crippen molar-refractivity contribution in [3.8, 4) is 0 Å². The zero-order valence-electron chi connectivity index (χ0n) is 10.1. The molecule has 0 aliphatic heterocycles. The van der Waals surface area contributed by atoms with Crippen LogP contribution in [0.1, 0.15) is 64.7 Å². The Kier molecular flexibility index (Phi) is 3.68. The number of hydrogen-bond donors (Lipinski definition) is 2. The molecule has 2 nitrogen and oxygen atoms in total. The molecular weight excluding hydrogens is 184 g/mol.